The molecule has 2 aromatic rings. The van der Waals surface area contributed by atoms with E-state index in [1.165, 1.54) is 6.33 Å². The summed E-state index contributed by atoms with van der Waals surface area (Å²) < 4.78 is 1.74. The van der Waals surface area contributed by atoms with Crippen molar-refractivity contribution in [2.75, 3.05) is 0 Å². The number of hydrogen-bond donors (Lipinski definition) is 2. The zero-order valence-electron chi connectivity index (χ0n) is 8.88. The molecule has 2 rings (SSSR count). The van der Waals surface area contributed by atoms with Crippen LogP contribution in [0.4, 0.5) is 0 Å². The van der Waals surface area contributed by atoms with E-state index in [4.69, 9.17) is 0 Å². The molecule has 0 fully saturated rings. The van der Waals surface area contributed by atoms with E-state index < -0.39 is 0 Å². The van der Waals surface area contributed by atoms with Crippen molar-refractivity contribution in [3.63, 3.8) is 0 Å². The zero-order chi connectivity index (χ0) is 11.5. The van der Waals surface area contributed by atoms with Crippen molar-refractivity contribution >= 4 is 5.91 Å². The number of hydrogen-bond acceptors (Lipinski definition) is 5. The molecule has 0 radical (unpaired) electrons. The Morgan fingerprint density at radius 2 is 2.44 bits per heavy atom. The lowest BCUT2D eigenvalue weighted by Gasteiger charge is -2.11. The minimum Gasteiger partial charge on any atom is -0.340 e. The Labute approximate surface area is 91.1 Å². The maximum Gasteiger partial charge on any atom is 0.289 e. The molecule has 0 spiro atoms. The number of nitrogens with one attached hydrogen (secondary N) is 2. The van der Waals surface area contributed by atoms with Gasteiger partial charge in [0, 0.05) is 7.05 Å². The fraction of sp³-hybridized carbons (Fsp3) is 0.375. The first-order valence-electron chi connectivity index (χ1n) is 4.68. The summed E-state index contributed by atoms with van der Waals surface area (Å²) in [6.45, 7) is 1.82. The van der Waals surface area contributed by atoms with Gasteiger partial charge in [-0.3, -0.25) is 9.89 Å². The molecule has 0 aliphatic rings. The quantitative estimate of drug-likeness (QED) is 0.722. The fourth-order valence-corrected chi connectivity index (χ4v) is 1.33. The first-order chi connectivity index (χ1) is 7.68. The van der Waals surface area contributed by atoms with E-state index in [-0.39, 0.29) is 17.8 Å². The molecule has 2 aromatic heterocycles. The maximum absolute atomic E-state index is 11.6. The minimum atomic E-state index is -0.326. The van der Waals surface area contributed by atoms with Gasteiger partial charge in [-0.15, -0.1) is 10.2 Å². The molecule has 16 heavy (non-hydrogen) atoms. The molecule has 84 valence electrons. The third-order valence-corrected chi connectivity index (χ3v) is 2.11. The molecule has 0 aliphatic carbocycles. The zero-order valence-corrected chi connectivity index (χ0v) is 8.88. The summed E-state index contributed by atoms with van der Waals surface area (Å²) in [5, 5.41) is 16.5. The van der Waals surface area contributed by atoms with Crippen LogP contribution in [-0.2, 0) is 7.05 Å². The van der Waals surface area contributed by atoms with Crippen LogP contribution in [0, 0.1) is 0 Å². The maximum atomic E-state index is 11.6. The molecule has 2 N–H and O–H groups in total. The number of carbonyl (C=O) groups is 1. The predicted molar refractivity (Wildman–Crippen MR) is 53.3 cm³/mol. The Balaban J connectivity index is 2.06. The standard InChI is InChI=1S/C8H11N7O/c1-5(7-14-11-4-15(7)2)12-8(16)6-9-3-10-13-6/h3-5H,1-2H3,(H,12,16)(H,9,10,13). The lowest BCUT2D eigenvalue weighted by molar-refractivity contribution is 0.0927. The van der Waals surface area contributed by atoms with Crippen LogP contribution in [0.25, 0.3) is 0 Å². The van der Waals surface area contributed by atoms with Gasteiger partial charge in [0.1, 0.15) is 12.7 Å². The molecule has 8 nitrogen and oxygen atoms in total. The van der Waals surface area contributed by atoms with Gasteiger partial charge in [0.05, 0.1) is 6.04 Å². The molecule has 0 bridgehead atoms. The Kier molecular flexibility index (Phi) is 2.63. The smallest absolute Gasteiger partial charge is 0.289 e. The highest BCUT2D eigenvalue weighted by Crippen LogP contribution is 2.07. The van der Waals surface area contributed by atoms with Gasteiger partial charge in [-0.25, -0.2) is 4.98 Å². The lowest BCUT2D eigenvalue weighted by Crippen LogP contribution is -2.29. The van der Waals surface area contributed by atoms with Crippen LogP contribution in [0.1, 0.15) is 29.4 Å². The van der Waals surface area contributed by atoms with Crippen LogP contribution in [0.15, 0.2) is 12.7 Å². The van der Waals surface area contributed by atoms with Crippen LogP contribution in [0.2, 0.25) is 0 Å². The van der Waals surface area contributed by atoms with E-state index in [1.54, 1.807) is 10.9 Å². The average Bonchev–Trinajstić information content (AvgIpc) is 2.86. The number of amides is 1. The van der Waals surface area contributed by atoms with E-state index in [0.717, 1.165) is 0 Å². The number of aryl methyl sites for hydroxylation is 1. The van der Waals surface area contributed by atoms with Gasteiger partial charge in [-0.2, -0.15) is 5.10 Å². The van der Waals surface area contributed by atoms with Crippen molar-refractivity contribution < 1.29 is 4.79 Å². The molecule has 8 heteroatoms. The third kappa shape index (κ3) is 1.90. The van der Waals surface area contributed by atoms with Crippen LogP contribution in [0.5, 0.6) is 0 Å². The van der Waals surface area contributed by atoms with E-state index in [9.17, 15) is 4.79 Å². The highest BCUT2D eigenvalue weighted by Gasteiger charge is 2.16. The number of rotatable bonds is 3. The highest BCUT2D eigenvalue weighted by molar-refractivity contribution is 5.90. The van der Waals surface area contributed by atoms with Crippen molar-refractivity contribution in [3.05, 3.63) is 24.3 Å². The summed E-state index contributed by atoms with van der Waals surface area (Å²) in [4.78, 5) is 15.4. The average molecular weight is 221 g/mol. The number of nitrogens with zero attached hydrogens (tertiary/aromatic N) is 5. The second-order valence-electron chi connectivity index (χ2n) is 3.33. The largest absolute Gasteiger partial charge is 0.340 e. The van der Waals surface area contributed by atoms with Crippen LogP contribution >= 0.6 is 0 Å². The Bertz CT molecular complexity index is 474. The molecule has 1 unspecified atom stereocenters. The second-order valence-corrected chi connectivity index (χ2v) is 3.33. The number of H-pyrrole nitrogens is 1. The number of carbonyl (C=O) groups excluding carboxylic acids is 1. The topological polar surface area (TPSA) is 101 Å². The van der Waals surface area contributed by atoms with E-state index >= 15 is 0 Å². The normalized spacial score (nSPS) is 12.4. The summed E-state index contributed by atoms with van der Waals surface area (Å²) in [6.07, 6.45) is 2.86. The first kappa shape index (κ1) is 10.3. The van der Waals surface area contributed by atoms with Crippen molar-refractivity contribution in [2.24, 2.45) is 7.05 Å². The summed E-state index contributed by atoms with van der Waals surface area (Å²) in [5.41, 5.74) is 0. The van der Waals surface area contributed by atoms with E-state index in [2.05, 4.69) is 30.7 Å². The van der Waals surface area contributed by atoms with Gasteiger partial charge in [-0.05, 0) is 6.92 Å². The Morgan fingerprint density at radius 3 is 3.00 bits per heavy atom. The molecular formula is C8H11N7O. The molecular weight excluding hydrogens is 210 g/mol. The molecule has 1 amide bonds. The molecule has 0 aliphatic heterocycles. The summed E-state index contributed by atoms with van der Waals surface area (Å²) in [7, 11) is 1.81. The summed E-state index contributed by atoms with van der Waals surface area (Å²) in [6, 6.07) is -0.245. The lowest BCUT2D eigenvalue weighted by atomic mass is 10.3. The van der Waals surface area contributed by atoms with Gasteiger partial charge in [-0.1, -0.05) is 0 Å². The van der Waals surface area contributed by atoms with Gasteiger partial charge in [0.25, 0.3) is 5.91 Å². The Morgan fingerprint density at radius 1 is 1.62 bits per heavy atom. The third-order valence-electron chi connectivity index (χ3n) is 2.11. The molecule has 1 atom stereocenters. The van der Waals surface area contributed by atoms with Crippen molar-refractivity contribution in [3.8, 4) is 0 Å². The van der Waals surface area contributed by atoms with E-state index in [1.807, 2.05) is 14.0 Å². The molecule has 0 saturated heterocycles. The minimum absolute atomic E-state index is 0.175. The molecule has 0 saturated carbocycles. The summed E-state index contributed by atoms with van der Waals surface area (Å²) in [5.74, 6) is 0.523. The van der Waals surface area contributed by atoms with Crippen LogP contribution < -0.4 is 5.32 Å². The van der Waals surface area contributed by atoms with Gasteiger partial charge < -0.3 is 9.88 Å². The Hall–Kier alpha value is -2.25. The number of aromatic amines is 1. The molecule has 2 heterocycles. The predicted octanol–water partition coefficient (Wildman–Crippen LogP) is -0.576. The summed E-state index contributed by atoms with van der Waals surface area (Å²) >= 11 is 0. The monoisotopic (exact) mass is 221 g/mol. The SMILES string of the molecule is CC(NC(=O)c1ncn[nH]1)c1nncn1C. The molecule has 0 aromatic carbocycles. The van der Waals surface area contributed by atoms with Gasteiger partial charge >= 0.3 is 0 Å². The number of aromatic nitrogens is 6. The highest BCUT2D eigenvalue weighted by atomic mass is 16.2. The second kappa shape index (κ2) is 4.09. The van der Waals surface area contributed by atoms with Crippen LogP contribution in [-0.4, -0.2) is 35.9 Å². The van der Waals surface area contributed by atoms with Gasteiger partial charge in [0.15, 0.2) is 5.82 Å². The van der Waals surface area contributed by atoms with E-state index in [0.29, 0.717) is 5.82 Å². The van der Waals surface area contributed by atoms with Crippen LogP contribution in [0.3, 0.4) is 0 Å². The van der Waals surface area contributed by atoms with Gasteiger partial charge in [0.2, 0.25) is 5.82 Å². The first-order valence-corrected chi connectivity index (χ1v) is 4.68. The van der Waals surface area contributed by atoms with Crippen molar-refractivity contribution in [1.82, 2.24) is 35.3 Å². The fourth-order valence-electron chi connectivity index (χ4n) is 1.33. The van der Waals surface area contributed by atoms with Crippen molar-refractivity contribution in [1.29, 1.82) is 0 Å². The van der Waals surface area contributed by atoms with Crippen molar-refractivity contribution in [2.45, 2.75) is 13.0 Å².